The maximum Gasteiger partial charge on any atom is 0.300 e. The number of hydrogen-bond acceptors (Lipinski definition) is 6. The smallest absolute Gasteiger partial charge is 0.300 e. The Morgan fingerprint density at radius 2 is 1.69 bits per heavy atom. The van der Waals surface area contributed by atoms with Crippen molar-refractivity contribution in [2.45, 2.75) is 6.04 Å². The third-order valence-electron chi connectivity index (χ3n) is 5.31. The van der Waals surface area contributed by atoms with Gasteiger partial charge in [-0.15, -0.1) is 0 Å². The molecule has 1 heterocycles. The Labute approximate surface area is 183 Å². The average molecular weight is 429 g/mol. The number of benzene rings is 3. The average Bonchev–Trinajstić information content (AvgIpc) is 3.09. The number of rotatable bonds is 5. The number of carbonyl (C=O) groups excluding carboxylic acids is 2. The fourth-order valence-electron chi connectivity index (χ4n) is 3.77. The SMILES string of the molecule is COc1ccc(N2C(=O)C(=O)/C(=C(\N)c3ccccc3)C2c2cccc([N+](=O)[O-])c2)cc1. The Kier molecular flexibility index (Phi) is 5.43. The van der Waals surface area contributed by atoms with E-state index in [-0.39, 0.29) is 17.0 Å². The summed E-state index contributed by atoms with van der Waals surface area (Å²) < 4.78 is 5.18. The second-order valence-electron chi connectivity index (χ2n) is 7.15. The molecular weight excluding hydrogens is 410 g/mol. The fraction of sp³-hybridized carbons (Fsp3) is 0.0833. The second kappa shape index (κ2) is 8.35. The van der Waals surface area contributed by atoms with Crippen molar-refractivity contribution in [1.82, 2.24) is 0 Å². The van der Waals surface area contributed by atoms with Crippen LogP contribution in [-0.4, -0.2) is 23.7 Å². The molecule has 0 bridgehead atoms. The van der Waals surface area contributed by atoms with E-state index in [1.807, 2.05) is 6.07 Å². The quantitative estimate of drug-likeness (QED) is 0.287. The van der Waals surface area contributed by atoms with Gasteiger partial charge in [0.05, 0.1) is 23.6 Å². The van der Waals surface area contributed by atoms with E-state index in [4.69, 9.17) is 10.5 Å². The molecule has 0 spiro atoms. The van der Waals surface area contributed by atoms with Gasteiger partial charge in [-0.25, -0.2) is 0 Å². The molecule has 1 aliphatic heterocycles. The highest BCUT2D eigenvalue weighted by atomic mass is 16.6. The number of anilines is 1. The van der Waals surface area contributed by atoms with Crippen molar-refractivity contribution in [3.63, 3.8) is 0 Å². The van der Waals surface area contributed by atoms with Crippen LogP contribution in [0.25, 0.3) is 5.70 Å². The van der Waals surface area contributed by atoms with Gasteiger partial charge in [0.15, 0.2) is 0 Å². The van der Waals surface area contributed by atoms with Crippen LogP contribution >= 0.6 is 0 Å². The Morgan fingerprint density at radius 3 is 2.31 bits per heavy atom. The second-order valence-corrected chi connectivity index (χ2v) is 7.15. The minimum absolute atomic E-state index is 0.0810. The zero-order chi connectivity index (χ0) is 22.8. The zero-order valence-corrected chi connectivity index (χ0v) is 17.1. The Bertz CT molecular complexity index is 1240. The highest BCUT2D eigenvalue weighted by Gasteiger charge is 2.46. The number of ether oxygens (including phenoxy) is 1. The summed E-state index contributed by atoms with van der Waals surface area (Å²) >= 11 is 0. The third-order valence-corrected chi connectivity index (χ3v) is 5.31. The predicted molar refractivity (Wildman–Crippen MR) is 119 cm³/mol. The molecule has 8 nitrogen and oxygen atoms in total. The first kappa shape index (κ1) is 20.8. The molecule has 0 aliphatic carbocycles. The molecular formula is C24H19N3O5. The van der Waals surface area contributed by atoms with Gasteiger partial charge in [-0.1, -0.05) is 42.5 Å². The van der Waals surface area contributed by atoms with Crippen LogP contribution in [0.3, 0.4) is 0 Å². The fourth-order valence-corrected chi connectivity index (χ4v) is 3.77. The largest absolute Gasteiger partial charge is 0.497 e. The van der Waals surface area contributed by atoms with Crippen LogP contribution in [0.2, 0.25) is 0 Å². The summed E-state index contributed by atoms with van der Waals surface area (Å²) in [7, 11) is 1.52. The summed E-state index contributed by atoms with van der Waals surface area (Å²) in [5.41, 5.74) is 7.90. The molecule has 3 aromatic carbocycles. The molecule has 2 N–H and O–H groups in total. The van der Waals surface area contributed by atoms with E-state index in [0.717, 1.165) is 0 Å². The number of methoxy groups -OCH3 is 1. The number of hydrogen-bond donors (Lipinski definition) is 1. The van der Waals surface area contributed by atoms with Crippen molar-refractivity contribution in [2.24, 2.45) is 5.73 Å². The van der Waals surface area contributed by atoms with Crippen molar-refractivity contribution in [3.8, 4) is 5.75 Å². The molecule has 0 saturated carbocycles. The van der Waals surface area contributed by atoms with E-state index in [9.17, 15) is 19.7 Å². The molecule has 1 saturated heterocycles. The molecule has 0 aromatic heterocycles. The van der Waals surface area contributed by atoms with Gasteiger partial charge in [-0.05, 0) is 35.4 Å². The topological polar surface area (TPSA) is 116 Å². The number of non-ortho nitro benzene ring substituents is 1. The van der Waals surface area contributed by atoms with Crippen molar-refractivity contribution in [2.75, 3.05) is 12.0 Å². The highest BCUT2D eigenvalue weighted by molar-refractivity contribution is 6.51. The number of nitro groups is 1. The molecule has 1 unspecified atom stereocenters. The number of nitro benzene ring substituents is 1. The van der Waals surface area contributed by atoms with Crippen LogP contribution in [-0.2, 0) is 9.59 Å². The molecule has 8 heteroatoms. The number of nitrogens with two attached hydrogens (primary N) is 1. The zero-order valence-electron chi connectivity index (χ0n) is 17.1. The maximum atomic E-state index is 13.1. The summed E-state index contributed by atoms with van der Waals surface area (Å²) in [4.78, 5) is 38.4. The van der Waals surface area contributed by atoms with E-state index in [0.29, 0.717) is 22.6 Å². The van der Waals surface area contributed by atoms with Crippen LogP contribution in [0, 0.1) is 10.1 Å². The number of carbonyl (C=O) groups is 2. The molecule has 1 atom stereocenters. The minimum atomic E-state index is -0.927. The lowest BCUT2D eigenvalue weighted by Gasteiger charge is -2.25. The van der Waals surface area contributed by atoms with Crippen LogP contribution in [0.4, 0.5) is 11.4 Å². The van der Waals surface area contributed by atoms with Crippen molar-refractivity contribution in [1.29, 1.82) is 0 Å². The predicted octanol–water partition coefficient (Wildman–Crippen LogP) is 3.63. The van der Waals surface area contributed by atoms with Gasteiger partial charge in [0.25, 0.3) is 17.4 Å². The summed E-state index contributed by atoms with van der Waals surface area (Å²) in [6.45, 7) is 0. The summed E-state index contributed by atoms with van der Waals surface area (Å²) in [5.74, 6) is -0.933. The summed E-state index contributed by atoms with van der Waals surface area (Å²) in [6.07, 6.45) is 0. The van der Waals surface area contributed by atoms with Gasteiger partial charge < -0.3 is 10.5 Å². The third kappa shape index (κ3) is 3.58. The summed E-state index contributed by atoms with van der Waals surface area (Å²) in [5, 5.41) is 11.4. The highest BCUT2D eigenvalue weighted by Crippen LogP contribution is 2.42. The van der Waals surface area contributed by atoms with Gasteiger partial charge in [-0.2, -0.15) is 0 Å². The van der Waals surface area contributed by atoms with Gasteiger partial charge in [0.1, 0.15) is 5.75 Å². The van der Waals surface area contributed by atoms with Crippen molar-refractivity contribution >= 4 is 28.8 Å². The van der Waals surface area contributed by atoms with Crippen LogP contribution in [0.5, 0.6) is 5.75 Å². The van der Waals surface area contributed by atoms with Gasteiger partial charge in [0, 0.05) is 23.5 Å². The Morgan fingerprint density at radius 1 is 1.00 bits per heavy atom. The minimum Gasteiger partial charge on any atom is -0.497 e. The number of nitrogens with zero attached hydrogens (tertiary/aromatic N) is 2. The lowest BCUT2D eigenvalue weighted by molar-refractivity contribution is -0.384. The number of Topliss-reactive ketones (excluding diaryl/α,β-unsaturated/α-hetero) is 1. The lowest BCUT2D eigenvalue weighted by Crippen LogP contribution is -2.29. The first-order valence-corrected chi connectivity index (χ1v) is 9.73. The van der Waals surface area contributed by atoms with Gasteiger partial charge in [0.2, 0.25) is 0 Å². The Hall–Kier alpha value is -4.46. The summed E-state index contributed by atoms with van der Waals surface area (Å²) in [6, 6.07) is 20.4. The monoisotopic (exact) mass is 429 g/mol. The van der Waals surface area contributed by atoms with E-state index in [1.54, 1.807) is 54.6 Å². The van der Waals surface area contributed by atoms with E-state index in [2.05, 4.69) is 0 Å². The number of amides is 1. The van der Waals surface area contributed by atoms with Crippen molar-refractivity contribution in [3.05, 3.63) is 106 Å². The lowest BCUT2D eigenvalue weighted by atomic mass is 9.94. The first-order valence-electron chi connectivity index (χ1n) is 9.73. The molecule has 160 valence electrons. The molecule has 3 aromatic rings. The molecule has 1 aliphatic rings. The van der Waals surface area contributed by atoms with Crippen LogP contribution in [0.15, 0.2) is 84.4 Å². The van der Waals surface area contributed by atoms with E-state index >= 15 is 0 Å². The van der Waals surface area contributed by atoms with E-state index < -0.39 is 22.7 Å². The molecule has 1 amide bonds. The molecule has 32 heavy (non-hydrogen) atoms. The molecule has 0 radical (unpaired) electrons. The maximum absolute atomic E-state index is 13.1. The van der Waals surface area contributed by atoms with E-state index in [1.165, 1.54) is 30.2 Å². The van der Waals surface area contributed by atoms with Crippen molar-refractivity contribution < 1.29 is 19.2 Å². The standard InChI is InChI=1S/C24H19N3O5/c1-32-19-12-10-17(11-13-19)26-22(16-8-5-9-18(14-16)27(30)31)20(23(28)24(26)29)21(25)15-6-3-2-4-7-15/h2-14,22H,25H2,1H3/b21-20-. The first-order chi connectivity index (χ1) is 15.4. The number of ketones is 1. The van der Waals surface area contributed by atoms with Gasteiger partial charge in [-0.3, -0.25) is 24.6 Å². The van der Waals surface area contributed by atoms with Crippen LogP contribution in [0.1, 0.15) is 17.2 Å². The van der Waals surface area contributed by atoms with Crippen LogP contribution < -0.4 is 15.4 Å². The molecule has 1 fully saturated rings. The normalized spacial score (nSPS) is 17.4. The molecule has 4 rings (SSSR count). The Balaban J connectivity index is 1.95. The van der Waals surface area contributed by atoms with Gasteiger partial charge >= 0.3 is 0 Å².